The third-order valence-electron chi connectivity index (χ3n) is 2.01. The van der Waals surface area contributed by atoms with Crippen LogP contribution in [0.3, 0.4) is 0 Å². The van der Waals surface area contributed by atoms with Crippen molar-refractivity contribution in [2.24, 2.45) is 4.99 Å². The number of rotatable bonds is 5. The summed E-state index contributed by atoms with van der Waals surface area (Å²) >= 11 is 0. The topological polar surface area (TPSA) is 87.0 Å². The highest BCUT2D eigenvalue weighted by atomic mass is 19.1. The number of alkyl halides is 1. The predicted molar refractivity (Wildman–Crippen MR) is 57.9 cm³/mol. The molecule has 1 rings (SSSR count). The Labute approximate surface area is 96.2 Å². The summed E-state index contributed by atoms with van der Waals surface area (Å²) in [6, 6.07) is 6.44. The molecule has 2 N–H and O–H groups in total. The average molecular weight is 239 g/mol. The number of benzene rings is 1. The quantitative estimate of drug-likeness (QED) is 0.758. The molecule has 0 bridgehead atoms. The lowest BCUT2D eigenvalue weighted by Gasteiger charge is -2.08. The van der Waals surface area contributed by atoms with Crippen molar-refractivity contribution >= 4 is 17.7 Å². The van der Waals surface area contributed by atoms with Crippen LogP contribution in [-0.4, -0.2) is 34.5 Å². The molecule has 0 aromatic heterocycles. The second kappa shape index (κ2) is 5.74. The summed E-state index contributed by atoms with van der Waals surface area (Å²) in [6.45, 7) is -1.31. The second-order valence-electron chi connectivity index (χ2n) is 3.17. The highest BCUT2D eigenvalue weighted by molar-refractivity contribution is 6.36. The lowest BCUT2D eigenvalue weighted by molar-refractivity contribution is -0.138. The monoisotopic (exact) mass is 239 g/mol. The van der Waals surface area contributed by atoms with E-state index in [1.165, 1.54) is 12.1 Å². The van der Waals surface area contributed by atoms with Crippen LogP contribution in [0, 0.1) is 0 Å². The molecule has 1 atom stereocenters. The summed E-state index contributed by atoms with van der Waals surface area (Å²) in [7, 11) is 0. The predicted octanol–water partition coefficient (Wildman–Crippen LogP) is 1.31. The molecule has 1 aromatic rings. The molecule has 0 saturated heterocycles. The number of hydrogen-bond donors (Lipinski definition) is 2. The van der Waals surface area contributed by atoms with Crippen LogP contribution in [0.1, 0.15) is 11.6 Å². The van der Waals surface area contributed by atoms with Crippen molar-refractivity contribution in [3.05, 3.63) is 35.9 Å². The average Bonchev–Trinajstić information content (AvgIpc) is 2.30. The summed E-state index contributed by atoms with van der Waals surface area (Å²) < 4.78 is 12.3. The van der Waals surface area contributed by atoms with Crippen molar-refractivity contribution in [3.8, 4) is 0 Å². The van der Waals surface area contributed by atoms with E-state index < -0.39 is 30.4 Å². The molecule has 0 aliphatic carbocycles. The fourth-order valence-corrected chi connectivity index (χ4v) is 1.21. The Kier molecular flexibility index (Phi) is 4.33. The molecule has 0 aliphatic rings. The van der Waals surface area contributed by atoms with Crippen LogP contribution in [0.4, 0.5) is 4.39 Å². The molecule has 0 radical (unpaired) electrons. The van der Waals surface area contributed by atoms with Gasteiger partial charge in [-0.05, 0) is 5.56 Å². The highest BCUT2D eigenvalue weighted by Gasteiger charge is 2.21. The van der Waals surface area contributed by atoms with Gasteiger partial charge in [-0.3, -0.25) is 4.99 Å². The minimum atomic E-state index is -1.56. The number of aliphatic imine (C=N–C) groups is 1. The van der Waals surface area contributed by atoms with Gasteiger partial charge in [0.05, 0.1) is 0 Å². The van der Waals surface area contributed by atoms with Gasteiger partial charge in [0.1, 0.15) is 6.67 Å². The van der Waals surface area contributed by atoms with Crippen LogP contribution in [0.5, 0.6) is 0 Å². The van der Waals surface area contributed by atoms with Gasteiger partial charge in [0.2, 0.25) is 0 Å². The van der Waals surface area contributed by atoms with Crippen LogP contribution in [-0.2, 0) is 9.59 Å². The van der Waals surface area contributed by atoms with Crippen LogP contribution < -0.4 is 0 Å². The molecule has 6 heteroatoms. The van der Waals surface area contributed by atoms with E-state index >= 15 is 0 Å². The Balaban J connectivity index is 3.11. The van der Waals surface area contributed by atoms with Crippen molar-refractivity contribution < 1.29 is 24.2 Å². The maximum Gasteiger partial charge on any atom is 0.352 e. The summed E-state index contributed by atoms with van der Waals surface area (Å²) in [6.07, 6.45) is 0. The van der Waals surface area contributed by atoms with Crippen molar-refractivity contribution in [1.82, 2.24) is 0 Å². The number of carboxylic acids is 2. The lowest BCUT2D eigenvalue weighted by atomic mass is 10.1. The Hall–Kier alpha value is -2.24. The van der Waals surface area contributed by atoms with Gasteiger partial charge in [0, 0.05) is 0 Å². The number of carboxylic acid groups (broad SMARTS) is 2. The molecule has 0 unspecified atom stereocenters. The summed E-state index contributed by atoms with van der Waals surface area (Å²) in [5, 5.41) is 17.5. The standard InChI is InChI=1S/C11H10FNO4/c12-6-8(10(14)15)13-9(11(16)17)7-4-2-1-3-5-7/h1-5,9H,6H2,(H,14,15)(H,16,17)/t9-/m1/s1. The van der Waals surface area contributed by atoms with Crippen molar-refractivity contribution in [2.75, 3.05) is 6.67 Å². The number of hydrogen-bond acceptors (Lipinski definition) is 3. The fraction of sp³-hybridized carbons (Fsp3) is 0.182. The van der Waals surface area contributed by atoms with Crippen LogP contribution in [0.15, 0.2) is 35.3 Å². The minimum Gasteiger partial charge on any atom is -0.479 e. The molecular weight excluding hydrogens is 229 g/mol. The molecule has 0 fully saturated rings. The fourth-order valence-electron chi connectivity index (χ4n) is 1.21. The van der Waals surface area contributed by atoms with Gasteiger partial charge >= 0.3 is 11.9 Å². The largest absolute Gasteiger partial charge is 0.479 e. The van der Waals surface area contributed by atoms with E-state index in [4.69, 9.17) is 10.2 Å². The first-order valence-electron chi connectivity index (χ1n) is 4.70. The number of aliphatic carboxylic acids is 2. The third kappa shape index (κ3) is 3.37. The van der Waals surface area contributed by atoms with Gasteiger partial charge < -0.3 is 10.2 Å². The van der Waals surface area contributed by atoms with E-state index in [0.29, 0.717) is 5.56 Å². The molecule has 0 heterocycles. The third-order valence-corrected chi connectivity index (χ3v) is 2.01. The van der Waals surface area contributed by atoms with E-state index in [1.807, 2.05) is 0 Å². The highest BCUT2D eigenvalue weighted by Crippen LogP contribution is 2.17. The van der Waals surface area contributed by atoms with Gasteiger partial charge in [-0.25, -0.2) is 14.0 Å². The SMILES string of the molecule is O=C(O)C(CF)=N[C@@H](C(=O)O)c1ccccc1. The van der Waals surface area contributed by atoms with Gasteiger partial charge in [0.15, 0.2) is 11.8 Å². The first-order valence-corrected chi connectivity index (χ1v) is 4.70. The normalized spacial score (nSPS) is 13.1. The molecular formula is C11H10FNO4. The van der Waals surface area contributed by atoms with Gasteiger partial charge in [0.25, 0.3) is 0 Å². The molecule has 0 spiro atoms. The van der Waals surface area contributed by atoms with E-state index in [-0.39, 0.29) is 0 Å². The summed E-state index contributed by atoms with van der Waals surface area (Å²) in [5.41, 5.74) is -0.506. The molecule has 17 heavy (non-hydrogen) atoms. The Morgan fingerprint density at radius 3 is 2.24 bits per heavy atom. The Bertz CT molecular complexity index is 444. The van der Waals surface area contributed by atoms with E-state index in [9.17, 15) is 14.0 Å². The first-order chi connectivity index (χ1) is 8.06. The lowest BCUT2D eigenvalue weighted by Crippen LogP contribution is -2.19. The summed E-state index contributed by atoms with van der Waals surface area (Å²) in [4.78, 5) is 24.9. The molecule has 1 aromatic carbocycles. The smallest absolute Gasteiger partial charge is 0.352 e. The maximum absolute atomic E-state index is 12.3. The second-order valence-corrected chi connectivity index (χ2v) is 3.17. The number of halogens is 1. The Morgan fingerprint density at radius 2 is 1.82 bits per heavy atom. The van der Waals surface area contributed by atoms with Gasteiger partial charge in [-0.1, -0.05) is 30.3 Å². The van der Waals surface area contributed by atoms with Crippen LogP contribution in [0.2, 0.25) is 0 Å². The van der Waals surface area contributed by atoms with E-state index in [0.717, 1.165) is 0 Å². The molecule has 5 nitrogen and oxygen atoms in total. The van der Waals surface area contributed by atoms with E-state index in [2.05, 4.69) is 4.99 Å². The zero-order valence-corrected chi connectivity index (χ0v) is 8.71. The maximum atomic E-state index is 12.3. The molecule has 0 amide bonds. The molecule has 0 saturated carbocycles. The zero-order valence-electron chi connectivity index (χ0n) is 8.71. The van der Waals surface area contributed by atoms with Crippen molar-refractivity contribution in [3.63, 3.8) is 0 Å². The summed E-state index contributed by atoms with van der Waals surface area (Å²) in [5.74, 6) is -2.89. The number of carbonyl (C=O) groups is 2. The van der Waals surface area contributed by atoms with Crippen LogP contribution in [0.25, 0.3) is 0 Å². The molecule has 90 valence electrons. The van der Waals surface area contributed by atoms with Crippen LogP contribution >= 0.6 is 0 Å². The number of nitrogens with zero attached hydrogens (tertiary/aromatic N) is 1. The van der Waals surface area contributed by atoms with Crippen molar-refractivity contribution in [2.45, 2.75) is 6.04 Å². The first kappa shape index (κ1) is 12.8. The van der Waals surface area contributed by atoms with Gasteiger partial charge in [-0.15, -0.1) is 0 Å². The Morgan fingerprint density at radius 1 is 1.24 bits per heavy atom. The minimum absolute atomic E-state index is 0.298. The van der Waals surface area contributed by atoms with Gasteiger partial charge in [-0.2, -0.15) is 0 Å². The van der Waals surface area contributed by atoms with Crippen molar-refractivity contribution in [1.29, 1.82) is 0 Å². The molecule has 0 aliphatic heterocycles. The zero-order chi connectivity index (χ0) is 12.8. The van der Waals surface area contributed by atoms with E-state index in [1.54, 1.807) is 18.2 Å².